The first-order chi connectivity index (χ1) is 8.19. The fourth-order valence-corrected chi connectivity index (χ4v) is 2.12. The van der Waals surface area contributed by atoms with Gasteiger partial charge in [0.2, 0.25) is 0 Å². The molecule has 1 aliphatic rings. The third-order valence-corrected chi connectivity index (χ3v) is 3.24. The van der Waals surface area contributed by atoms with Gasteiger partial charge in [0.25, 0.3) is 0 Å². The molecule has 2 N–H and O–H groups in total. The first-order valence-corrected chi connectivity index (χ1v) is 5.92. The second kappa shape index (κ2) is 5.19. The van der Waals surface area contributed by atoms with Crippen molar-refractivity contribution in [1.82, 2.24) is 4.90 Å². The summed E-state index contributed by atoms with van der Waals surface area (Å²) >= 11 is 0. The molecule has 1 aromatic rings. The number of phenols is 1. The highest BCUT2D eigenvalue weighted by molar-refractivity contribution is 5.77. The molecular weight excluding hydrogens is 216 g/mol. The molecule has 17 heavy (non-hydrogen) atoms. The van der Waals surface area contributed by atoms with Gasteiger partial charge in [-0.15, -0.1) is 0 Å². The molecule has 1 aliphatic heterocycles. The van der Waals surface area contributed by atoms with Gasteiger partial charge in [0.05, 0.1) is 5.69 Å². The number of piperidine rings is 1. The second-order valence-corrected chi connectivity index (χ2v) is 4.62. The molecule has 4 nitrogen and oxygen atoms in total. The molecule has 0 aromatic heterocycles. The van der Waals surface area contributed by atoms with E-state index in [1.54, 1.807) is 12.1 Å². The number of rotatable bonds is 3. The number of nitrogens with zero attached hydrogens (tertiary/aromatic N) is 1. The molecule has 0 aliphatic carbocycles. The maximum absolute atomic E-state index is 10.6. The van der Waals surface area contributed by atoms with Crippen molar-refractivity contribution in [3.05, 3.63) is 23.8 Å². The molecule has 2 rings (SSSR count). The minimum atomic E-state index is 0.147. The van der Waals surface area contributed by atoms with Crippen molar-refractivity contribution in [2.24, 2.45) is 0 Å². The molecule has 0 unspecified atom stereocenters. The van der Waals surface area contributed by atoms with Crippen LogP contribution < -0.4 is 5.32 Å². The van der Waals surface area contributed by atoms with E-state index in [1.165, 1.54) is 6.07 Å². The molecule has 1 heterocycles. The summed E-state index contributed by atoms with van der Waals surface area (Å²) in [4.78, 5) is 12.9. The number of carbonyl (C=O) groups is 1. The van der Waals surface area contributed by atoms with Gasteiger partial charge >= 0.3 is 0 Å². The summed E-state index contributed by atoms with van der Waals surface area (Å²) < 4.78 is 0. The number of phenolic OH excluding ortho intramolecular Hbond substituents is 1. The molecule has 4 heteroatoms. The van der Waals surface area contributed by atoms with Gasteiger partial charge in [-0.2, -0.15) is 0 Å². The lowest BCUT2D eigenvalue weighted by Crippen LogP contribution is -2.36. The number of hydrogen-bond acceptors (Lipinski definition) is 4. The van der Waals surface area contributed by atoms with Crippen LogP contribution in [0, 0.1) is 0 Å². The Kier molecular flexibility index (Phi) is 3.64. The van der Waals surface area contributed by atoms with Crippen LogP contribution >= 0.6 is 0 Å². The molecule has 1 fully saturated rings. The van der Waals surface area contributed by atoms with Crippen molar-refractivity contribution in [3.8, 4) is 5.75 Å². The lowest BCUT2D eigenvalue weighted by molar-refractivity contribution is 0.112. The van der Waals surface area contributed by atoms with Crippen molar-refractivity contribution >= 4 is 12.0 Å². The Morgan fingerprint density at radius 1 is 1.41 bits per heavy atom. The van der Waals surface area contributed by atoms with Gasteiger partial charge in [-0.1, -0.05) is 0 Å². The van der Waals surface area contributed by atoms with E-state index in [2.05, 4.69) is 17.3 Å². The number of carbonyl (C=O) groups excluding carboxylic acids is 1. The maximum Gasteiger partial charge on any atom is 0.150 e. The molecule has 0 amide bonds. The van der Waals surface area contributed by atoms with Crippen LogP contribution in [-0.2, 0) is 0 Å². The number of aldehydes is 1. The largest absolute Gasteiger partial charge is 0.506 e. The summed E-state index contributed by atoms with van der Waals surface area (Å²) in [5.41, 5.74) is 1.21. The Morgan fingerprint density at radius 2 is 2.12 bits per heavy atom. The van der Waals surface area contributed by atoms with E-state index in [1.807, 2.05) is 0 Å². The Bertz CT molecular complexity index is 398. The van der Waals surface area contributed by atoms with Crippen LogP contribution in [0.1, 0.15) is 23.2 Å². The summed E-state index contributed by atoms with van der Waals surface area (Å²) in [6.07, 6.45) is 2.88. The zero-order valence-corrected chi connectivity index (χ0v) is 10.0. The highest BCUT2D eigenvalue weighted by Gasteiger charge is 2.17. The predicted octanol–water partition coefficient (Wildman–Crippen LogP) is 1.71. The number of nitrogens with one attached hydrogen (secondary N) is 1. The van der Waals surface area contributed by atoms with Crippen molar-refractivity contribution in [2.45, 2.75) is 18.9 Å². The topological polar surface area (TPSA) is 52.6 Å². The van der Waals surface area contributed by atoms with Gasteiger partial charge in [-0.25, -0.2) is 0 Å². The average molecular weight is 234 g/mol. The van der Waals surface area contributed by atoms with Gasteiger partial charge in [-0.05, 0) is 51.2 Å². The van der Waals surface area contributed by atoms with Crippen LogP contribution in [0.2, 0.25) is 0 Å². The molecular formula is C13H18N2O2. The summed E-state index contributed by atoms with van der Waals surface area (Å²) in [5.74, 6) is 0.147. The van der Waals surface area contributed by atoms with E-state index >= 15 is 0 Å². The van der Waals surface area contributed by atoms with Gasteiger partial charge in [0.15, 0.2) is 0 Å². The third kappa shape index (κ3) is 2.97. The molecule has 1 aromatic carbocycles. The molecule has 0 atom stereocenters. The van der Waals surface area contributed by atoms with Crippen LogP contribution in [-0.4, -0.2) is 42.5 Å². The van der Waals surface area contributed by atoms with Crippen LogP contribution in [0.5, 0.6) is 5.75 Å². The van der Waals surface area contributed by atoms with E-state index in [0.717, 1.165) is 32.2 Å². The first-order valence-electron chi connectivity index (χ1n) is 5.92. The Labute approximate surface area is 101 Å². The van der Waals surface area contributed by atoms with Crippen LogP contribution in [0.15, 0.2) is 18.2 Å². The Balaban J connectivity index is 2.01. The van der Waals surface area contributed by atoms with E-state index in [-0.39, 0.29) is 5.75 Å². The molecule has 0 bridgehead atoms. The van der Waals surface area contributed by atoms with Crippen LogP contribution in [0.25, 0.3) is 0 Å². The zero-order chi connectivity index (χ0) is 12.3. The van der Waals surface area contributed by atoms with Gasteiger partial charge in [0.1, 0.15) is 12.0 Å². The lowest BCUT2D eigenvalue weighted by atomic mass is 10.0. The van der Waals surface area contributed by atoms with Crippen molar-refractivity contribution < 1.29 is 9.90 Å². The van der Waals surface area contributed by atoms with Crippen molar-refractivity contribution in [3.63, 3.8) is 0 Å². The fraction of sp³-hybridized carbons (Fsp3) is 0.462. The van der Waals surface area contributed by atoms with Crippen LogP contribution in [0.4, 0.5) is 5.69 Å². The number of benzene rings is 1. The average Bonchev–Trinajstić information content (AvgIpc) is 2.34. The highest BCUT2D eigenvalue weighted by atomic mass is 16.3. The predicted molar refractivity (Wildman–Crippen MR) is 67.6 cm³/mol. The second-order valence-electron chi connectivity index (χ2n) is 4.62. The quantitative estimate of drug-likeness (QED) is 0.617. The third-order valence-electron chi connectivity index (χ3n) is 3.24. The molecule has 1 saturated heterocycles. The van der Waals surface area contributed by atoms with E-state index in [9.17, 15) is 9.90 Å². The maximum atomic E-state index is 10.6. The van der Waals surface area contributed by atoms with Crippen LogP contribution in [0.3, 0.4) is 0 Å². The summed E-state index contributed by atoms with van der Waals surface area (Å²) in [6, 6.07) is 5.37. The van der Waals surface area contributed by atoms with Gasteiger partial charge in [0, 0.05) is 11.6 Å². The summed E-state index contributed by atoms with van der Waals surface area (Å²) in [7, 11) is 2.12. The van der Waals surface area contributed by atoms with E-state index in [0.29, 0.717) is 17.3 Å². The van der Waals surface area contributed by atoms with Crippen molar-refractivity contribution in [2.75, 3.05) is 25.5 Å². The zero-order valence-electron chi connectivity index (χ0n) is 10.0. The lowest BCUT2D eigenvalue weighted by Gasteiger charge is -2.30. The number of anilines is 1. The standard InChI is InChI=1S/C13H18N2O2/c1-15-6-4-11(5-7-15)14-12-3-2-10(9-16)8-13(12)17/h2-3,8-9,11,14,17H,4-7H2,1H3. The fourth-order valence-electron chi connectivity index (χ4n) is 2.12. The number of aromatic hydroxyl groups is 1. The SMILES string of the molecule is CN1CCC(Nc2ccc(C=O)cc2O)CC1. The monoisotopic (exact) mass is 234 g/mol. The molecule has 92 valence electrons. The van der Waals surface area contributed by atoms with Gasteiger partial charge < -0.3 is 15.3 Å². The molecule has 0 radical (unpaired) electrons. The summed E-state index contributed by atoms with van der Waals surface area (Å²) in [5, 5.41) is 13.1. The van der Waals surface area contributed by atoms with Crippen molar-refractivity contribution in [1.29, 1.82) is 0 Å². The normalized spacial score (nSPS) is 17.9. The highest BCUT2D eigenvalue weighted by Crippen LogP contribution is 2.26. The summed E-state index contributed by atoms with van der Waals surface area (Å²) in [6.45, 7) is 2.15. The smallest absolute Gasteiger partial charge is 0.150 e. The Morgan fingerprint density at radius 3 is 2.71 bits per heavy atom. The minimum absolute atomic E-state index is 0.147. The van der Waals surface area contributed by atoms with E-state index < -0.39 is 0 Å². The minimum Gasteiger partial charge on any atom is -0.506 e. The number of likely N-dealkylation sites (tertiary alicyclic amines) is 1. The molecule has 0 spiro atoms. The first kappa shape index (κ1) is 11.9. The molecule has 0 saturated carbocycles. The number of hydrogen-bond donors (Lipinski definition) is 2. The van der Waals surface area contributed by atoms with E-state index in [4.69, 9.17) is 0 Å². The Hall–Kier alpha value is -1.55. The van der Waals surface area contributed by atoms with Gasteiger partial charge in [-0.3, -0.25) is 4.79 Å².